The van der Waals surface area contributed by atoms with Gasteiger partial charge in [-0.2, -0.15) is 0 Å². The Kier molecular flexibility index (Phi) is 7.11. The van der Waals surface area contributed by atoms with E-state index in [2.05, 4.69) is 11.9 Å². The van der Waals surface area contributed by atoms with Gasteiger partial charge in [0.15, 0.2) is 0 Å². The lowest BCUT2D eigenvalue weighted by molar-refractivity contribution is -0.134. The van der Waals surface area contributed by atoms with Crippen LogP contribution in [0, 0.1) is 5.92 Å². The lowest BCUT2D eigenvalue weighted by Gasteiger charge is -2.23. The molecule has 0 aromatic carbocycles. The third-order valence-electron chi connectivity index (χ3n) is 2.16. The van der Waals surface area contributed by atoms with Crippen LogP contribution < -0.4 is 5.32 Å². The third-order valence-corrected chi connectivity index (χ3v) is 2.16. The highest BCUT2D eigenvalue weighted by Gasteiger charge is 2.17. The van der Waals surface area contributed by atoms with E-state index in [0.717, 1.165) is 19.6 Å². The summed E-state index contributed by atoms with van der Waals surface area (Å²) in [6.07, 6.45) is 1.77. The molecule has 0 aromatic rings. The molecule has 0 fully saturated rings. The Bertz CT molecular complexity index is 180. The second-order valence-corrected chi connectivity index (χ2v) is 3.37. The Morgan fingerprint density at radius 1 is 1.57 bits per heavy atom. The van der Waals surface area contributed by atoms with Crippen molar-refractivity contribution in [2.45, 2.75) is 20.8 Å². The Morgan fingerprint density at radius 3 is 2.64 bits per heavy atom. The maximum atomic E-state index is 11.8. The quantitative estimate of drug-likeness (QED) is 0.625. The van der Waals surface area contributed by atoms with Crippen LogP contribution >= 0.6 is 0 Å². The minimum absolute atomic E-state index is 0.0508. The van der Waals surface area contributed by atoms with Gasteiger partial charge in [0.2, 0.25) is 5.91 Å². The maximum Gasteiger partial charge on any atom is 0.226 e. The molecule has 1 amide bonds. The molecular formula is C11H22N2O. The van der Waals surface area contributed by atoms with Crippen molar-refractivity contribution in [1.82, 2.24) is 10.2 Å². The number of nitrogens with zero attached hydrogens (tertiary/aromatic N) is 1. The second-order valence-electron chi connectivity index (χ2n) is 3.37. The highest BCUT2D eigenvalue weighted by Crippen LogP contribution is 2.01. The SMILES string of the molecule is C=CCN(CC)C(=O)C(C)CNCC. The maximum absolute atomic E-state index is 11.8. The third kappa shape index (κ3) is 4.42. The standard InChI is InChI=1S/C11H22N2O/c1-5-8-13(7-3)11(14)10(4)9-12-6-2/h5,10,12H,1,6-9H2,2-4H3. The van der Waals surface area contributed by atoms with Crippen molar-refractivity contribution < 1.29 is 4.79 Å². The zero-order valence-corrected chi connectivity index (χ0v) is 9.55. The number of hydrogen-bond donors (Lipinski definition) is 1. The monoisotopic (exact) mass is 198 g/mol. The van der Waals surface area contributed by atoms with E-state index in [4.69, 9.17) is 0 Å². The van der Waals surface area contributed by atoms with E-state index in [1.165, 1.54) is 0 Å². The van der Waals surface area contributed by atoms with Crippen LogP contribution in [0.5, 0.6) is 0 Å². The molecule has 0 radical (unpaired) electrons. The van der Waals surface area contributed by atoms with Gasteiger partial charge in [-0.25, -0.2) is 0 Å². The van der Waals surface area contributed by atoms with Gasteiger partial charge in [-0.05, 0) is 13.5 Å². The van der Waals surface area contributed by atoms with Gasteiger partial charge in [0.1, 0.15) is 0 Å². The molecule has 0 rings (SSSR count). The highest BCUT2D eigenvalue weighted by atomic mass is 16.2. The normalized spacial score (nSPS) is 12.2. The first kappa shape index (κ1) is 13.2. The van der Waals surface area contributed by atoms with E-state index in [9.17, 15) is 4.79 Å². The van der Waals surface area contributed by atoms with Crippen LogP contribution in [0.15, 0.2) is 12.7 Å². The van der Waals surface area contributed by atoms with Gasteiger partial charge < -0.3 is 10.2 Å². The zero-order chi connectivity index (χ0) is 11.0. The average Bonchev–Trinajstić information content (AvgIpc) is 2.21. The van der Waals surface area contributed by atoms with E-state index in [1.807, 2.05) is 25.7 Å². The summed E-state index contributed by atoms with van der Waals surface area (Å²) < 4.78 is 0. The number of nitrogens with one attached hydrogen (secondary N) is 1. The summed E-state index contributed by atoms with van der Waals surface area (Å²) in [4.78, 5) is 13.6. The number of carbonyl (C=O) groups excluding carboxylic acids is 1. The molecule has 0 aliphatic rings. The van der Waals surface area contributed by atoms with Crippen LogP contribution in [-0.4, -0.2) is 37.0 Å². The van der Waals surface area contributed by atoms with Crippen LogP contribution in [0.2, 0.25) is 0 Å². The largest absolute Gasteiger partial charge is 0.339 e. The lowest BCUT2D eigenvalue weighted by atomic mass is 10.1. The van der Waals surface area contributed by atoms with Gasteiger partial charge in [0.25, 0.3) is 0 Å². The van der Waals surface area contributed by atoms with Gasteiger partial charge in [0, 0.05) is 25.6 Å². The molecule has 1 unspecified atom stereocenters. The lowest BCUT2D eigenvalue weighted by Crippen LogP contribution is -2.39. The van der Waals surface area contributed by atoms with E-state index >= 15 is 0 Å². The van der Waals surface area contributed by atoms with Gasteiger partial charge in [-0.1, -0.05) is 19.9 Å². The molecule has 0 bridgehead atoms. The summed E-state index contributed by atoms with van der Waals surface area (Å²) in [5.74, 6) is 0.253. The van der Waals surface area contributed by atoms with Crippen LogP contribution in [0.1, 0.15) is 20.8 Å². The number of hydrogen-bond acceptors (Lipinski definition) is 2. The molecule has 0 spiro atoms. The minimum atomic E-state index is 0.0508. The molecule has 0 aliphatic heterocycles. The summed E-state index contributed by atoms with van der Waals surface area (Å²) in [5, 5.41) is 3.18. The summed E-state index contributed by atoms with van der Waals surface area (Å²) in [5.41, 5.74) is 0. The molecule has 14 heavy (non-hydrogen) atoms. The van der Waals surface area contributed by atoms with Gasteiger partial charge in [-0.3, -0.25) is 4.79 Å². The zero-order valence-electron chi connectivity index (χ0n) is 9.55. The predicted molar refractivity (Wildman–Crippen MR) is 60.2 cm³/mol. The first-order valence-electron chi connectivity index (χ1n) is 5.27. The fourth-order valence-electron chi connectivity index (χ4n) is 1.29. The fourth-order valence-corrected chi connectivity index (χ4v) is 1.29. The topological polar surface area (TPSA) is 32.3 Å². The minimum Gasteiger partial charge on any atom is -0.339 e. The summed E-state index contributed by atoms with van der Waals surface area (Å²) in [6, 6.07) is 0. The highest BCUT2D eigenvalue weighted by molar-refractivity contribution is 5.78. The predicted octanol–water partition coefficient (Wildman–Crippen LogP) is 1.27. The van der Waals surface area contributed by atoms with Crippen LogP contribution in [0.4, 0.5) is 0 Å². The van der Waals surface area contributed by atoms with Gasteiger partial charge in [-0.15, -0.1) is 6.58 Å². The molecule has 3 heteroatoms. The van der Waals surface area contributed by atoms with Crippen LogP contribution in [0.3, 0.4) is 0 Å². The first-order chi connectivity index (χ1) is 6.67. The average molecular weight is 198 g/mol. The molecule has 1 N–H and O–H groups in total. The number of rotatable bonds is 7. The Labute approximate surface area is 87.2 Å². The molecule has 0 saturated heterocycles. The van der Waals surface area contributed by atoms with Crippen molar-refractivity contribution in [2.75, 3.05) is 26.2 Å². The van der Waals surface area contributed by atoms with Crippen molar-refractivity contribution in [3.05, 3.63) is 12.7 Å². The number of likely N-dealkylation sites (N-methyl/N-ethyl adjacent to an activating group) is 1. The second kappa shape index (κ2) is 7.56. The van der Waals surface area contributed by atoms with E-state index < -0.39 is 0 Å². The smallest absolute Gasteiger partial charge is 0.226 e. The van der Waals surface area contributed by atoms with Crippen LogP contribution in [0.25, 0.3) is 0 Å². The summed E-state index contributed by atoms with van der Waals surface area (Å²) in [7, 11) is 0. The van der Waals surface area contributed by atoms with Crippen molar-refractivity contribution in [2.24, 2.45) is 5.92 Å². The Hall–Kier alpha value is -0.830. The van der Waals surface area contributed by atoms with E-state index in [-0.39, 0.29) is 11.8 Å². The molecule has 0 aromatic heterocycles. The molecular weight excluding hydrogens is 176 g/mol. The summed E-state index contributed by atoms with van der Waals surface area (Å²) >= 11 is 0. The van der Waals surface area contributed by atoms with Gasteiger partial charge >= 0.3 is 0 Å². The Morgan fingerprint density at radius 2 is 2.21 bits per heavy atom. The van der Waals surface area contributed by atoms with Crippen molar-refractivity contribution >= 4 is 5.91 Å². The van der Waals surface area contributed by atoms with Crippen molar-refractivity contribution in [3.8, 4) is 0 Å². The fraction of sp³-hybridized carbons (Fsp3) is 0.727. The first-order valence-corrected chi connectivity index (χ1v) is 5.27. The van der Waals surface area contributed by atoms with Crippen LogP contribution in [-0.2, 0) is 4.79 Å². The van der Waals surface area contributed by atoms with E-state index in [0.29, 0.717) is 6.54 Å². The summed E-state index contributed by atoms with van der Waals surface area (Å²) in [6.45, 7) is 12.7. The molecule has 0 aliphatic carbocycles. The number of amides is 1. The molecule has 1 atom stereocenters. The van der Waals surface area contributed by atoms with E-state index in [1.54, 1.807) is 6.08 Å². The van der Waals surface area contributed by atoms with Crippen molar-refractivity contribution in [3.63, 3.8) is 0 Å². The van der Waals surface area contributed by atoms with Gasteiger partial charge in [0.05, 0.1) is 0 Å². The molecule has 0 heterocycles. The number of carbonyl (C=O) groups is 1. The molecule has 82 valence electrons. The van der Waals surface area contributed by atoms with Crippen molar-refractivity contribution in [1.29, 1.82) is 0 Å². The molecule has 3 nitrogen and oxygen atoms in total. The molecule has 0 saturated carbocycles. The Balaban J connectivity index is 4.05.